The van der Waals surface area contributed by atoms with Gasteiger partial charge >= 0.3 is 0 Å². The van der Waals surface area contributed by atoms with E-state index in [2.05, 4.69) is 36.3 Å². The molecule has 0 aliphatic carbocycles. The summed E-state index contributed by atoms with van der Waals surface area (Å²) in [6.07, 6.45) is 10.4. The number of hydrogen-bond acceptors (Lipinski definition) is 2. The van der Waals surface area contributed by atoms with Crippen molar-refractivity contribution in [2.75, 3.05) is 0 Å². The smallest absolute Gasteiger partial charge is 0.0203 e. The van der Waals surface area contributed by atoms with Crippen molar-refractivity contribution in [1.82, 2.24) is 0 Å². The zero-order valence-corrected chi connectivity index (χ0v) is 13.8. The van der Waals surface area contributed by atoms with Crippen LogP contribution in [0.1, 0.15) is 31.9 Å². The van der Waals surface area contributed by atoms with Crippen molar-refractivity contribution in [3.05, 3.63) is 71.2 Å². The van der Waals surface area contributed by atoms with Crippen LogP contribution in [0.15, 0.2) is 65.0 Å². The van der Waals surface area contributed by atoms with Crippen LogP contribution in [0.5, 0.6) is 0 Å². The first kappa shape index (κ1) is 17.3. The molecule has 0 bridgehead atoms. The fraction of sp³-hybridized carbons (Fsp3) is 0.211. The Labute approximate surface area is 132 Å². The van der Waals surface area contributed by atoms with Gasteiger partial charge in [-0.05, 0) is 53.2 Å². The Morgan fingerprint density at radius 1 is 1.29 bits per heavy atom. The summed E-state index contributed by atoms with van der Waals surface area (Å²) in [7, 11) is 0. The SMILES string of the molecule is C=C1/C=C\C=C/Sc2ccc(C/C=C(/C)C=N)cc21.CC. The summed E-state index contributed by atoms with van der Waals surface area (Å²) in [4.78, 5) is 1.24. The minimum Gasteiger partial charge on any atom is -0.308 e. The van der Waals surface area contributed by atoms with Crippen LogP contribution in [0.4, 0.5) is 0 Å². The molecule has 1 aliphatic rings. The van der Waals surface area contributed by atoms with Crippen molar-refractivity contribution in [2.24, 2.45) is 0 Å². The quantitative estimate of drug-likeness (QED) is 0.675. The van der Waals surface area contributed by atoms with Crippen molar-refractivity contribution in [2.45, 2.75) is 32.1 Å². The van der Waals surface area contributed by atoms with E-state index in [9.17, 15) is 0 Å². The lowest BCUT2D eigenvalue weighted by atomic mass is 10.0. The van der Waals surface area contributed by atoms with E-state index in [1.54, 1.807) is 11.8 Å². The third kappa shape index (κ3) is 5.24. The van der Waals surface area contributed by atoms with Crippen molar-refractivity contribution >= 4 is 23.5 Å². The van der Waals surface area contributed by atoms with Crippen LogP contribution in [0.3, 0.4) is 0 Å². The lowest BCUT2D eigenvalue weighted by molar-refractivity contribution is 1.22. The van der Waals surface area contributed by atoms with E-state index >= 15 is 0 Å². The zero-order valence-electron chi connectivity index (χ0n) is 13.0. The summed E-state index contributed by atoms with van der Waals surface area (Å²) in [6.45, 7) is 10.1. The second kappa shape index (κ2) is 9.19. The van der Waals surface area contributed by atoms with Crippen molar-refractivity contribution in [3.8, 4) is 0 Å². The maximum Gasteiger partial charge on any atom is 0.0203 e. The molecule has 2 heteroatoms. The zero-order chi connectivity index (χ0) is 15.7. The van der Waals surface area contributed by atoms with Crippen LogP contribution in [0.25, 0.3) is 5.57 Å². The lowest BCUT2D eigenvalue weighted by Gasteiger charge is -2.11. The molecule has 0 radical (unpaired) electrons. The Balaban J connectivity index is 0.00000106. The minimum atomic E-state index is 0.853. The highest BCUT2D eigenvalue weighted by atomic mass is 32.2. The molecule has 21 heavy (non-hydrogen) atoms. The van der Waals surface area contributed by atoms with Gasteiger partial charge in [-0.3, -0.25) is 0 Å². The molecule has 1 heterocycles. The Morgan fingerprint density at radius 2 is 2.05 bits per heavy atom. The van der Waals surface area contributed by atoms with E-state index < -0.39 is 0 Å². The Hall–Kier alpha value is -1.80. The highest BCUT2D eigenvalue weighted by Crippen LogP contribution is 2.31. The van der Waals surface area contributed by atoms with Gasteiger partial charge in [0.15, 0.2) is 0 Å². The van der Waals surface area contributed by atoms with Gasteiger partial charge in [0, 0.05) is 11.1 Å². The number of fused-ring (bicyclic) bond motifs is 1. The normalized spacial score (nSPS) is 16.7. The Bertz CT molecular complexity index is 592. The first-order valence-corrected chi connectivity index (χ1v) is 8.08. The van der Waals surface area contributed by atoms with E-state index in [4.69, 9.17) is 5.41 Å². The van der Waals surface area contributed by atoms with Crippen LogP contribution in [-0.2, 0) is 6.42 Å². The van der Waals surface area contributed by atoms with Gasteiger partial charge in [0.25, 0.3) is 0 Å². The molecule has 0 saturated heterocycles. The fourth-order valence-corrected chi connectivity index (χ4v) is 2.59. The van der Waals surface area contributed by atoms with E-state index in [-0.39, 0.29) is 0 Å². The molecular weight excluding hydrogens is 274 g/mol. The number of thioether (sulfide) groups is 1. The van der Waals surface area contributed by atoms with Crippen LogP contribution in [0, 0.1) is 5.41 Å². The van der Waals surface area contributed by atoms with E-state index in [0.717, 1.165) is 17.6 Å². The Kier molecular flexibility index (Phi) is 7.55. The van der Waals surface area contributed by atoms with Gasteiger partial charge in [0.1, 0.15) is 0 Å². The van der Waals surface area contributed by atoms with Gasteiger partial charge in [-0.25, -0.2) is 0 Å². The molecule has 2 rings (SSSR count). The molecule has 1 aromatic rings. The third-order valence-electron chi connectivity index (χ3n) is 2.96. The monoisotopic (exact) mass is 297 g/mol. The maximum absolute atomic E-state index is 7.18. The number of benzene rings is 1. The summed E-state index contributed by atoms with van der Waals surface area (Å²) in [5, 5.41) is 9.27. The van der Waals surface area contributed by atoms with Gasteiger partial charge in [-0.15, -0.1) is 0 Å². The largest absolute Gasteiger partial charge is 0.308 e. The van der Waals surface area contributed by atoms with Crippen LogP contribution >= 0.6 is 11.8 Å². The standard InChI is InChI=1S/C17H17NS.C2H6/c1-13(12-18)6-7-15-8-9-17-16(11-15)14(2)5-3-4-10-19-17;1-2/h3-6,8-12,18H,2,7H2,1H3;1-2H3/b5-3-,10-4-,13-6-,18-12?;. The maximum atomic E-state index is 7.18. The van der Waals surface area contributed by atoms with E-state index in [1.165, 1.54) is 22.2 Å². The third-order valence-corrected chi connectivity index (χ3v) is 3.86. The minimum absolute atomic E-state index is 0.853. The predicted octanol–water partition coefficient (Wildman–Crippen LogP) is 6.04. The second-order valence-electron chi connectivity index (χ2n) is 4.46. The molecule has 1 nitrogen and oxygen atoms in total. The summed E-state index contributed by atoms with van der Waals surface area (Å²) >= 11 is 1.72. The molecule has 0 atom stereocenters. The van der Waals surface area contributed by atoms with E-state index in [1.807, 2.05) is 39.0 Å². The molecule has 0 aromatic heterocycles. The molecule has 1 aliphatic heterocycles. The number of nitrogens with one attached hydrogen (secondary N) is 1. The first-order valence-electron chi connectivity index (χ1n) is 7.20. The topological polar surface area (TPSA) is 23.9 Å². The van der Waals surface area contributed by atoms with Crippen molar-refractivity contribution < 1.29 is 0 Å². The van der Waals surface area contributed by atoms with Crippen molar-refractivity contribution in [3.63, 3.8) is 0 Å². The highest BCUT2D eigenvalue weighted by molar-refractivity contribution is 8.02. The van der Waals surface area contributed by atoms with Crippen LogP contribution < -0.4 is 0 Å². The summed E-state index contributed by atoms with van der Waals surface area (Å²) in [5.41, 5.74) is 4.48. The summed E-state index contributed by atoms with van der Waals surface area (Å²) < 4.78 is 0. The van der Waals surface area contributed by atoms with Gasteiger partial charge in [0.05, 0.1) is 0 Å². The molecule has 0 amide bonds. The first-order chi connectivity index (χ1) is 10.2. The molecule has 0 unspecified atom stereocenters. The molecule has 0 saturated carbocycles. The Morgan fingerprint density at radius 3 is 2.76 bits per heavy atom. The van der Waals surface area contributed by atoms with Gasteiger partial charge in [-0.2, -0.15) is 0 Å². The number of rotatable bonds is 3. The van der Waals surface area contributed by atoms with Crippen LogP contribution in [0.2, 0.25) is 0 Å². The fourth-order valence-electron chi connectivity index (χ4n) is 1.82. The molecule has 0 spiro atoms. The lowest BCUT2D eigenvalue weighted by Crippen LogP contribution is -1.90. The summed E-state index contributed by atoms with van der Waals surface area (Å²) in [5.74, 6) is 0. The molecule has 110 valence electrons. The number of allylic oxidation sites excluding steroid dienone is 6. The molecule has 1 N–H and O–H groups in total. The summed E-state index contributed by atoms with van der Waals surface area (Å²) in [6, 6.07) is 6.49. The number of hydrogen-bond donors (Lipinski definition) is 1. The highest BCUT2D eigenvalue weighted by Gasteiger charge is 2.06. The van der Waals surface area contributed by atoms with Gasteiger partial charge in [-0.1, -0.05) is 62.6 Å². The molecular formula is C19H23NS. The molecule has 0 fully saturated rings. The second-order valence-corrected chi connectivity index (χ2v) is 5.41. The van der Waals surface area contributed by atoms with Gasteiger partial charge < -0.3 is 5.41 Å². The van der Waals surface area contributed by atoms with Gasteiger partial charge in [0.2, 0.25) is 0 Å². The van der Waals surface area contributed by atoms with Crippen LogP contribution in [-0.4, -0.2) is 6.21 Å². The van der Waals surface area contributed by atoms with E-state index in [0.29, 0.717) is 0 Å². The predicted molar refractivity (Wildman–Crippen MR) is 97.2 cm³/mol. The average Bonchev–Trinajstić information content (AvgIpc) is 2.52. The molecule has 1 aromatic carbocycles. The van der Waals surface area contributed by atoms with Crippen molar-refractivity contribution in [1.29, 1.82) is 5.41 Å². The average molecular weight is 297 g/mol.